The van der Waals surface area contributed by atoms with Gasteiger partial charge < -0.3 is 15.5 Å². The highest BCUT2D eigenvalue weighted by Gasteiger charge is 2.18. The molecule has 2 rings (SSSR count). The van der Waals surface area contributed by atoms with Crippen molar-refractivity contribution in [2.45, 2.75) is 0 Å². The molecule has 1 aliphatic heterocycles. The Hall–Kier alpha value is -1.40. The molecule has 6 heteroatoms. The molecule has 2 heterocycles. The number of nitrogens with two attached hydrogens (primary N) is 1. The van der Waals surface area contributed by atoms with Crippen molar-refractivity contribution in [3.8, 4) is 0 Å². The second kappa shape index (κ2) is 5.97. The standard InChI is InChI=1S/C12H22N6/c1-16(2)3-4-17-5-7-18(8-6-17)12-14-9-11(13)10-15-12/h9-10H,3-8,13H2,1-2H3. The average molecular weight is 250 g/mol. The number of anilines is 2. The molecule has 0 amide bonds. The fraction of sp³-hybridized carbons (Fsp3) is 0.667. The van der Waals surface area contributed by atoms with Crippen LogP contribution in [0.25, 0.3) is 0 Å². The van der Waals surface area contributed by atoms with E-state index in [-0.39, 0.29) is 0 Å². The van der Waals surface area contributed by atoms with E-state index >= 15 is 0 Å². The lowest BCUT2D eigenvalue weighted by atomic mass is 10.3. The second-order valence-corrected chi connectivity index (χ2v) is 4.95. The van der Waals surface area contributed by atoms with Gasteiger partial charge >= 0.3 is 0 Å². The van der Waals surface area contributed by atoms with Gasteiger partial charge in [-0.15, -0.1) is 0 Å². The number of nitrogens with zero attached hydrogens (tertiary/aromatic N) is 5. The van der Waals surface area contributed by atoms with Crippen LogP contribution in [0.1, 0.15) is 0 Å². The molecule has 1 aromatic rings. The van der Waals surface area contributed by atoms with Crippen LogP contribution in [-0.2, 0) is 0 Å². The van der Waals surface area contributed by atoms with Gasteiger partial charge in [-0.05, 0) is 14.1 Å². The van der Waals surface area contributed by atoms with Crippen LogP contribution >= 0.6 is 0 Å². The van der Waals surface area contributed by atoms with Crippen molar-refractivity contribution >= 4 is 11.6 Å². The first-order chi connectivity index (χ1) is 8.65. The number of nitrogen functional groups attached to an aromatic ring is 1. The van der Waals surface area contributed by atoms with Gasteiger partial charge in [0.15, 0.2) is 0 Å². The van der Waals surface area contributed by atoms with Crippen molar-refractivity contribution in [1.82, 2.24) is 19.8 Å². The highest BCUT2D eigenvalue weighted by Crippen LogP contribution is 2.11. The fourth-order valence-electron chi connectivity index (χ4n) is 2.01. The summed E-state index contributed by atoms with van der Waals surface area (Å²) in [5.41, 5.74) is 6.20. The molecule has 2 N–H and O–H groups in total. The first-order valence-electron chi connectivity index (χ1n) is 6.35. The molecule has 0 radical (unpaired) electrons. The van der Waals surface area contributed by atoms with E-state index in [4.69, 9.17) is 5.73 Å². The molecule has 1 fully saturated rings. The maximum absolute atomic E-state index is 5.59. The Balaban J connectivity index is 1.81. The summed E-state index contributed by atoms with van der Waals surface area (Å²) >= 11 is 0. The number of hydrogen-bond donors (Lipinski definition) is 1. The Bertz CT molecular complexity index is 355. The zero-order valence-corrected chi connectivity index (χ0v) is 11.2. The van der Waals surface area contributed by atoms with Gasteiger partial charge in [0.05, 0.1) is 18.1 Å². The lowest BCUT2D eigenvalue weighted by molar-refractivity contribution is 0.228. The van der Waals surface area contributed by atoms with Crippen LogP contribution in [0.3, 0.4) is 0 Å². The second-order valence-electron chi connectivity index (χ2n) is 4.95. The molecule has 1 aromatic heterocycles. The molecule has 1 aliphatic rings. The van der Waals surface area contributed by atoms with Gasteiger partial charge in [-0.1, -0.05) is 0 Å². The molecule has 1 saturated heterocycles. The van der Waals surface area contributed by atoms with Crippen LogP contribution in [0, 0.1) is 0 Å². The van der Waals surface area contributed by atoms with Crippen molar-refractivity contribution in [3.63, 3.8) is 0 Å². The predicted octanol–water partition coefficient (Wildman–Crippen LogP) is -0.258. The molecule has 0 unspecified atom stereocenters. The van der Waals surface area contributed by atoms with Gasteiger partial charge in [0, 0.05) is 39.3 Å². The quantitative estimate of drug-likeness (QED) is 0.794. The van der Waals surface area contributed by atoms with Gasteiger partial charge in [-0.25, -0.2) is 9.97 Å². The third kappa shape index (κ3) is 3.54. The molecule has 6 nitrogen and oxygen atoms in total. The van der Waals surface area contributed by atoms with Crippen LogP contribution in [-0.4, -0.2) is 73.1 Å². The lowest BCUT2D eigenvalue weighted by Crippen LogP contribution is -2.48. The average Bonchev–Trinajstić information content (AvgIpc) is 2.38. The summed E-state index contributed by atoms with van der Waals surface area (Å²) in [7, 11) is 4.22. The maximum atomic E-state index is 5.59. The summed E-state index contributed by atoms with van der Waals surface area (Å²) in [6, 6.07) is 0. The molecule has 0 saturated carbocycles. The number of rotatable bonds is 4. The summed E-state index contributed by atoms with van der Waals surface area (Å²) in [5.74, 6) is 0.788. The summed E-state index contributed by atoms with van der Waals surface area (Å²) < 4.78 is 0. The minimum atomic E-state index is 0.614. The lowest BCUT2D eigenvalue weighted by Gasteiger charge is -2.35. The summed E-state index contributed by atoms with van der Waals surface area (Å²) in [5, 5.41) is 0. The summed E-state index contributed by atoms with van der Waals surface area (Å²) in [6.07, 6.45) is 3.33. The van der Waals surface area contributed by atoms with Gasteiger partial charge in [0.1, 0.15) is 0 Å². The van der Waals surface area contributed by atoms with E-state index in [1.807, 2.05) is 0 Å². The number of piperazine rings is 1. The first-order valence-corrected chi connectivity index (χ1v) is 6.35. The Morgan fingerprint density at radius 2 is 1.78 bits per heavy atom. The predicted molar refractivity (Wildman–Crippen MR) is 73.7 cm³/mol. The molecule has 0 atom stereocenters. The van der Waals surface area contributed by atoms with E-state index in [0.717, 1.165) is 45.2 Å². The van der Waals surface area contributed by atoms with Crippen LogP contribution in [0.5, 0.6) is 0 Å². The monoisotopic (exact) mass is 250 g/mol. The minimum Gasteiger partial charge on any atom is -0.396 e. The van der Waals surface area contributed by atoms with E-state index in [1.165, 1.54) is 0 Å². The number of hydrogen-bond acceptors (Lipinski definition) is 6. The Morgan fingerprint density at radius 3 is 2.33 bits per heavy atom. The molecule has 0 aliphatic carbocycles. The van der Waals surface area contributed by atoms with Crippen molar-refractivity contribution in [2.75, 3.05) is 64.0 Å². The highest BCUT2D eigenvalue weighted by molar-refractivity contribution is 5.38. The molecular formula is C12H22N6. The van der Waals surface area contributed by atoms with Crippen molar-refractivity contribution in [1.29, 1.82) is 0 Å². The van der Waals surface area contributed by atoms with E-state index in [1.54, 1.807) is 12.4 Å². The van der Waals surface area contributed by atoms with Crippen molar-refractivity contribution in [2.24, 2.45) is 0 Å². The molecule has 18 heavy (non-hydrogen) atoms. The van der Waals surface area contributed by atoms with Gasteiger partial charge in [-0.2, -0.15) is 0 Å². The fourth-order valence-corrected chi connectivity index (χ4v) is 2.01. The molecule has 0 bridgehead atoms. The Morgan fingerprint density at radius 1 is 1.17 bits per heavy atom. The normalized spacial score (nSPS) is 17.4. The topological polar surface area (TPSA) is 61.5 Å². The van der Waals surface area contributed by atoms with E-state index in [0.29, 0.717) is 5.69 Å². The van der Waals surface area contributed by atoms with Gasteiger partial charge in [-0.3, -0.25) is 4.90 Å². The summed E-state index contributed by atoms with van der Waals surface area (Å²) in [6.45, 7) is 6.35. The largest absolute Gasteiger partial charge is 0.396 e. The van der Waals surface area contributed by atoms with Crippen LogP contribution in [0.2, 0.25) is 0 Å². The molecular weight excluding hydrogens is 228 g/mol. The first kappa shape index (κ1) is 13.0. The SMILES string of the molecule is CN(C)CCN1CCN(c2ncc(N)cn2)CC1. The number of likely N-dealkylation sites (N-methyl/N-ethyl adjacent to an activating group) is 1. The van der Waals surface area contributed by atoms with Gasteiger partial charge in [0.2, 0.25) is 5.95 Å². The number of aromatic nitrogens is 2. The van der Waals surface area contributed by atoms with Crippen LogP contribution in [0.4, 0.5) is 11.6 Å². The van der Waals surface area contributed by atoms with E-state index in [9.17, 15) is 0 Å². The highest BCUT2D eigenvalue weighted by atomic mass is 15.3. The third-order valence-electron chi connectivity index (χ3n) is 3.18. The van der Waals surface area contributed by atoms with E-state index in [2.05, 4.69) is 38.8 Å². The zero-order chi connectivity index (χ0) is 13.0. The minimum absolute atomic E-state index is 0.614. The smallest absolute Gasteiger partial charge is 0.225 e. The van der Waals surface area contributed by atoms with Crippen LogP contribution in [0.15, 0.2) is 12.4 Å². The summed E-state index contributed by atoms with van der Waals surface area (Å²) in [4.78, 5) is 15.4. The molecule has 0 spiro atoms. The van der Waals surface area contributed by atoms with Crippen LogP contribution < -0.4 is 10.6 Å². The maximum Gasteiger partial charge on any atom is 0.225 e. The van der Waals surface area contributed by atoms with E-state index < -0.39 is 0 Å². The zero-order valence-electron chi connectivity index (χ0n) is 11.2. The Kier molecular flexibility index (Phi) is 4.33. The molecule has 100 valence electrons. The molecule has 0 aromatic carbocycles. The van der Waals surface area contributed by atoms with Crippen molar-refractivity contribution < 1.29 is 0 Å². The Labute approximate surface area is 108 Å². The third-order valence-corrected chi connectivity index (χ3v) is 3.18. The van der Waals surface area contributed by atoms with Gasteiger partial charge in [0.25, 0.3) is 0 Å². The van der Waals surface area contributed by atoms with Crippen molar-refractivity contribution in [3.05, 3.63) is 12.4 Å².